The zero-order valence-corrected chi connectivity index (χ0v) is 16.5. The van der Waals surface area contributed by atoms with E-state index in [-0.39, 0.29) is 17.9 Å². The van der Waals surface area contributed by atoms with Gasteiger partial charge in [0, 0.05) is 30.4 Å². The number of benzene rings is 2. The number of hydrogen-bond acceptors (Lipinski definition) is 3. The molecule has 2 amide bonds. The molecule has 2 aromatic carbocycles. The summed E-state index contributed by atoms with van der Waals surface area (Å²) in [6, 6.07) is 14.0. The van der Waals surface area contributed by atoms with E-state index in [0.29, 0.717) is 23.4 Å². The van der Waals surface area contributed by atoms with Crippen molar-refractivity contribution < 1.29 is 14.3 Å². The molecule has 5 heteroatoms. The lowest BCUT2D eigenvalue weighted by Crippen LogP contribution is -2.28. The first-order chi connectivity index (χ1) is 12.9. The Morgan fingerprint density at radius 1 is 1.07 bits per heavy atom. The van der Waals surface area contributed by atoms with E-state index in [1.54, 1.807) is 48.3 Å². The number of nitrogens with one attached hydrogen (secondary N) is 1. The summed E-state index contributed by atoms with van der Waals surface area (Å²) in [7, 11) is 1.78. The predicted octanol–water partition coefficient (Wildman–Crippen LogP) is 4.60. The molecule has 1 N–H and O–H groups in total. The van der Waals surface area contributed by atoms with Crippen LogP contribution in [0.1, 0.15) is 54.3 Å². The van der Waals surface area contributed by atoms with Gasteiger partial charge >= 0.3 is 0 Å². The fourth-order valence-corrected chi connectivity index (χ4v) is 2.60. The van der Waals surface area contributed by atoms with E-state index < -0.39 is 0 Å². The van der Waals surface area contributed by atoms with Crippen LogP contribution in [-0.4, -0.2) is 36.4 Å². The van der Waals surface area contributed by atoms with E-state index in [1.165, 1.54) is 0 Å². The van der Waals surface area contributed by atoms with Crippen molar-refractivity contribution in [3.8, 4) is 5.75 Å². The Labute approximate surface area is 161 Å². The third-order valence-electron chi connectivity index (χ3n) is 4.05. The maximum absolute atomic E-state index is 12.5. The van der Waals surface area contributed by atoms with E-state index in [0.717, 1.165) is 18.6 Å². The molecule has 0 aliphatic heterocycles. The van der Waals surface area contributed by atoms with Crippen LogP contribution in [0.2, 0.25) is 0 Å². The van der Waals surface area contributed by atoms with E-state index >= 15 is 0 Å². The summed E-state index contributed by atoms with van der Waals surface area (Å²) in [6.07, 6.45) is 2.08. The smallest absolute Gasteiger partial charge is 0.255 e. The second kappa shape index (κ2) is 9.76. The Morgan fingerprint density at radius 3 is 2.37 bits per heavy atom. The summed E-state index contributed by atoms with van der Waals surface area (Å²) in [5.74, 6) is 0.428. The molecule has 0 aliphatic carbocycles. The molecule has 0 saturated carbocycles. The number of unbranched alkanes of at least 4 members (excludes halogenated alkanes) is 1. The lowest BCUT2D eigenvalue weighted by Gasteiger charge is -2.17. The van der Waals surface area contributed by atoms with Crippen molar-refractivity contribution in [3.63, 3.8) is 0 Å². The normalized spacial score (nSPS) is 10.6. The summed E-state index contributed by atoms with van der Waals surface area (Å²) in [4.78, 5) is 26.7. The summed E-state index contributed by atoms with van der Waals surface area (Å²) >= 11 is 0. The van der Waals surface area contributed by atoms with Crippen LogP contribution in [0.5, 0.6) is 5.75 Å². The van der Waals surface area contributed by atoms with Crippen molar-refractivity contribution in [1.29, 1.82) is 0 Å². The van der Waals surface area contributed by atoms with Gasteiger partial charge in [-0.15, -0.1) is 0 Å². The molecular weight excluding hydrogens is 340 g/mol. The minimum Gasteiger partial charge on any atom is -0.491 e. The minimum atomic E-state index is -0.251. The number of anilines is 1. The highest BCUT2D eigenvalue weighted by molar-refractivity contribution is 6.06. The maximum Gasteiger partial charge on any atom is 0.255 e. The van der Waals surface area contributed by atoms with Crippen LogP contribution >= 0.6 is 0 Å². The third-order valence-corrected chi connectivity index (χ3v) is 4.05. The van der Waals surface area contributed by atoms with E-state index in [2.05, 4.69) is 12.2 Å². The summed E-state index contributed by atoms with van der Waals surface area (Å²) in [5.41, 5.74) is 1.64. The molecule has 0 heterocycles. The lowest BCUT2D eigenvalue weighted by molar-refractivity contribution is 0.0793. The predicted molar refractivity (Wildman–Crippen MR) is 108 cm³/mol. The number of rotatable bonds is 8. The molecule has 2 aromatic rings. The molecule has 0 saturated heterocycles. The molecular formula is C22H28N2O3. The molecule has 0 bridgehead atoms. The van der Waals surface area contributed by atoms with Crippen LogP contribution in [0.3, 0.4) is 0 Å². The number of hydrogen-bond donors (Lipinski definition) is 1. The summed E-state index contributed by atoms with van der Waals surface area (Å²) in [5, 5.41) is 2.85. The van der Waals surface area contributed by atoms with Gasteiger partial charge in [-0.2, -0.15) is 0 Å². The number of carbonyl (C=O) groups excluding carboxylic acids is 2. The first kappa shape index (κ1) is 20.5. The highest BCUT2D eigenvalue weighted by atomic mass is 16.5. The van der Waals surface area contributed by atoms with Gasteiger partial charge in [0.05, 0.1) is 6.10 Å². The van der Waals surface area contributed by atoms with Gasteiger partial charge in [0.15, 0.2) is 0 Å². The monoisotopic (exact) mass is 368 g/mol. The van der Waals surface area contributed by atoms with Crippen LogP contribution in [0, 0.1) is 0 Å². The van der Waals surface area contributed by atoms with Crippen molar-refractivity contribution in [2.75, 3.05) is 18.9 Å². The topological polar surface area (TPSA) is 58.6 Å². The second-order valence-electron chi connectivity index (χ2n) is 6.81. The van der Waals surface area contributed by atoms with Crippen LogP contribution < -0.4 is 10.1 Å². The molecule has 0 spiro atoms. The molecule has 144 valence electrons. The third kappa shape index (κ3) is 6.13. The van der Waals surface area contributed by atoms with Crippen molar-refractivity contribution in [2.24, 2.45) is 0 Å². The average molecular weight is 368 g/mol. The van der Waals surface area contributed by atoms with E-state index in [9.17, 15) is 9.59 Å². The van der Waals surface area contributed by atoms with Crippen molar-refractivity contribution in [1.82, 2.24) is 4.90 Å². The largest absolute Gasteiger partial charge is 0.491 e. The quantitative estimate of drug-likeness (QED) is 0.741. The van der Waals surface area contributed by atoms with Gasteiger partial charge in [0.2, 0.25) is 0 Å². The maximum atomic E-state index is 12.5. The van der Waals surface area contributed by atoms with Gasteiger partial charge in [-0.3, -0.25) is 9.59 Å². The van der Waals surface area contributed by atoms with Crippen LogP contribution in [0.25, 0.3) is 0 Å². The van der Waals surface area contributed by atoms with Crippen LogP contribution in [0.15, 0.2) is 48.5 Å². The van der Waals surface area contributed by atoms with Gasteiger partial charge in [-0.05, 0) is 62.7 Å². The standard InChI is InChI=1S/C22H28N2O3/c1-5-6-14-24(4)22(26)18-9-7-8-17(15-18)21(25)23-19-10-12-20(13-11-19)27-16(2)3/h7-13,15-16H,5-6,14H2,1-4H3,(H,23,25). The number of amides is 2. The SMILES string of the molecule is CCCCN(C)C(=O)c1cccc(C(=O)Nc2ccc(OC(C)C)cc2)c1. The zero-order chi connectivity index (χ0) is 19.8. The Kier molecular flexibility index (Phi) is 7.41. The molecule has 27 heavy (non-hydrogen) atoms. The molecule has 0 fully saturated rings. The fourth-order valence-electron chi connectivity index (χ4n) is 2.60. The highest BCUT2D eigenvalue weighted by Crippen LogP contribution is 2.18. The Balaban J connectivity index is 2.05. The van der Waals surface area contributed by atoms with Crippen molar-refractivity contribution in [3.05, 3.63) is 59.7 Å². The summed E-state index contributed by atoms with van der Waals surface area (Å²) in [6.45, 7) is 6.72. The molecule has 0 atom stereocenters. The second-order valence-corrected chi connectivity index (χ2v) is 6.81. The molecule has 2 rings (SSSR count). The van der Waals surface area contributed by atoms with E-state index in [4.69, 9.17) is 4.74 Å². The first-order valence-corrected chi connectivity index (χ1v) is 9.34. The van der Waals surface area contributed by atoms with Gasteiger partial charge < -0.3 is 15.0 Å². The lowest BCUT2D eigenvalue weighted by atomic mass is 10.1. The van der Waals surface area contributed by atoms with Crippen LogP contribution in [0.4, 0.5) is 5.69 Å². The van der Waals surface area contributed by atoms with Crippen LogP contribution in [-0.2, 0) is 0 Å². The van der Waals surface area contributed by atoms with E-state index in [1.807, 2.05) is 26.0 Å². The average Bonchev–Trinajstić information content (AvgIpc) is 2.66. The molecule has 0 radical (unpaired) electrons. The molecule has 0 aromatic heterocycles. The number of nitrogens with zero attached hydrogens (tertiary/aromatic N) is 1. The summed E-state index contributed by atoms with van der Waals surface area (Å²) < 4.78 is 5.60. The fraction of sp³-hybridized carbons (Fsp3) is 0.364. The van der Waals surface area contributed by atoms with Gasteiger partial charge in [-0.25, -0.2) is 0 Å². The van der Waals surface area contributed by atoms with Gasteiger partial charge in [0.25, 0.3) is 11.8 Å². The molecule has 0 unspecified atom stereocenters. The Morgan fingerprint density at radius 2 is 1.74 bits per heavy atom. The molecule has 0 aliphatic rings. The van der Waals surface area contributed by atoms with Gasteiger partial charge in [-0.1, -0.05) is 19.4 Å². The highest BCUT2D eigenvalue weighted by Gasteiger charge is 2.14. The number of carbonyl (C=O) groups is 2. The van der Waals surface area contributed by atoms with Crippen molar-refractivity contribution >= 4 is 17.5 Å². The zero-order valence-electron chi connectivity index (χ0n) is 16.5. The van der Waals surface area contributed by atoms with Crippen molar-refractivity contribution in [2.45, 2.75) is 39.7 Å². The molecule has 5 nitrogen and oxygen atoms in total. The Bertz CT molecular complexity index is 769. The first-order valence-electron chi connectivity index (χ1n) is 9.34. The Hall–Kier alpha value is -2.82. The minimum absolute atomic E-state index is 0.0757. The number of ether oxygens (including phenoxy) is 1. The van der Waals surface area contributed by atoms with Gasteiger partial charge in [0.1, 0.15) is 5.75 Å².